The van der Waals surface area contributed by atoms with Crippen molar-refractivity contribution in [2.45, 2.75) is 18.3 Å². The van der Waals surface area contributed by atoms with Crippen molar-refractivity contribution >= 4 is 20.9 Å². The first-order chi connectivity index (χ1) is 11.7. The van der Waals surface area contributed by atoms with Crippen LogP contribution < -0.4 is 0 Å². The molecule has 3 rings (SSSR count). The van der Waals surface area contributed by atoms with E-state index in [0.29, 0.717) is 25.1 Å². The van der Waals surface area contributed by atoms with Crippen molar-refractivity contribution in [3.8, 4) is 6.19 Å². The number of fused-ring (bicyclic) bond motifs is 1. The number of imidazole rings is 1. The Balaban J connectivity index is 1.74. The topological polar surface area (TPSA) is 89.8 Å². The number of alkyl halides is 3. The van der Waals surface area contributed by atoms with Crippen LogP contribution in [0.1, 0.15) is 17.8 Å². The Morgan fingerprint density at radius 2 is 2.16 bits per heavy atom. The summed E-state index contributed by atoms with van der Waals surface area (Å²) in [7, 11) is -3.43. The molecule has 0 radical (unpaired) electrons. The maximum atomic E-state index is 12.7. The van der Waals surface area contributed by atoms with E-state index in [-0.39, 0.29) is 28.5 Å². The zero-order chi connectivity index (χ0) is 18.2. The number of rotatable bonds is 4. The molecule has 1 aromatic heterocycles. The Morgan fingerprint density at radius 3 is 2.80 bits per heavy atom. The summed E-state index contributed by atoms with van der Waals surface area (Å²) in [5.41, 5.74) is 0.686. The largest absolute Gasteiger partial charge is 0.449 e. The molecule has 1 aliphatic rings. The van der Waals surface area contributed by atoms with E-state index in [0.717, 1.165) is 0 Å². The minimum atomic E-state index is -4.58. The molecule has 10 heteroatoms. The van der Waals surface area contributed by atoms with E-state index in [9.17, 15) is 21.6 Å². The Labute approximate surface area is 142 Å². The van der Waals surface area contributed by atoms with Gasteiger partial charge in [-0.25, -0.2) is 13.4 Å². The van der Waals surface area contributed by atoms with Crippen LogP contribution in [0.3, 0.4) is 0 Å². The van der Waals surface area contributed by atoms with Crippen molar-refractivity contribution in [1.82, 2.24) is 14.9 Å². The molecule has 134 valence electrons. The number of halogens is 3. The third-order valence-electron chi connectivity index (χ3n) is 4.12. The van der Waals surface area contributed by atoms with Gasteiger partial charge in [-0.15, -0.1) is 0 Å². The maximum Gasteiger partial charge on any atom is 0.449 e. The van der Waals surface area contributed by atoms with Gasteiger partial charge in [-0.2, -0.15) is 18.4 Å². The van der Waals surface area contributed by atoms with Crippen LogP contribution in [0.5, 0.6) is 0 Å². The normalized spacial score (nSPS) is 18.6. The van der Waals surface area contributed by atoms with E-state index in [4.69, 9.17) is 5.26 Å². The Hall–Kier alpha value is -2.28. The molecule has 1 fully saturated rings. The van der Waals surface area contributed by atoms with Gasteiger partial charge in [0, 0.05) is 13.1 Å². The van der Waals surface area contributed by atoms with E-state index in [2.05, 4.69) is 9.97 Å². The zero-order valence-electron chi connectivity index (χ0n) is 13.0. The third-order valence-corrected chi connectivity index (χ3v) is 5.87. The quantitative estimate of drug-likeness (QED) is 0.832. The summed E-state index contributed by atoms with van der Waals surface area (Å²) < 4.78 is 62.7. The summed E-state index contributed by atoms with van der Waals surface area (Å²) in [4.78, 5) is 7.15. The lowest BCUT2D eigenvalue weighted by molar-refractivity contribution is -0.144. The van der Waals surface area contributed by atoms with Gasteiger partial charge < -0.3 is 9.88 Å². The molecular weight excluding hydrogens is 357 g/mol. The van der Waals surface area contributed by atoms with Gasteiger partial charge in [-0.1, -0.05) is 6.07 Å². The standard InChI is InChI=1S/C15H15F3N4O2S/c16-15(17,18)14-20-12-2-1-10(5-13(12)21-14)7-25(23,24)8-11-3-4-22(6-11)9-19/h1-2,5,11H,3-4,6-8H2,(H,20,21)/t11-/m1/s1. The van der Waals surface area contributed by atoms with Crippen LogP contribution in [0, 0.1) is 17.4 Å². The van der Waals surface area contributed by atoms with Gasteiger partial charge in [0.25, 0.3) is 0 Å². The summed E-state index contributed by atoms with van der Waals surface area (Å²) in [6, 6.07) is 4.22. The predicted octanol–water partition coefficient (Wildman–Crippen LogP) is 2.30. The van der Waals surface area contributed by atoms with Gasteiger partial charge in [0.15, 0.2) is 16.0 Å². The summed E-state index contributed by atoms with van der Waals surface area (Å²) in [5, 5.41) is 8.81. The van der Waals surface area contributed by atoms with E-state index in [1.54, 1.807) is 0 Å². The van der Waals surface area contributed by atoms with Crippen molar-refractivity contribution in [2.24, 2.45) is 5.92 Å². The van der Waals surface area contributed by atoms with Crippen LogP contribution in [-0.4, -0.2) is 42.1 Å². The fraction of sp³-hybridized carbons (Fsp3) is 0.467. The average molecular weight is 372 g/mol. The summed E-state index contributed by atoms with van der Waals surface area (Å²) in [6.45, 7) is 0.973. The van der Waals surface area contributed by atoms with E-state index in [1.165, 1.54) is 23.1 Å². The lowest BCUT2D eigenvalue weighted by Gasteiger charge is -2.10. The van der Waals surface area contributed by atoms with Crippen LogP contribution in [0.2, 0.25) is 0 Å². The zero-order valence-corrected chi connectivity index (χ0v) is 13.9. The maximum absolute atomic E-state index is 12.7. The average Bonchev–Trinajstić information content (AvgIpc) is 3.11. The Morgan fingerprint density at radius 1 is 1.40 bits per heavy atom. The number of likely N-dealkylation sites (tertiary alicyclic amines) is 1. The second-order valence-electron chi connectivity index (χ2n) is 6.19. The minimum Gasteiger partial charge on any atom is -0.334 e. The summed E-state index contributed by atoms with van der Waals surface area (Å²) >= 11 is 0. The molecular formula is C15H15F3N4O2S. The predicted molar refractivity (Wildman–Crippen MR) is 83.9 cm³/mol. The molecule has 2 aromatic rings. The van der Waals surface area contributed by atoms with Crippen molar-refractivity contribution in [2.75, 3.05) is 18.8 Å². The summed E-state index contributed by atoms with van der Waals surface area (Å²) in [6.07, 6.45) is -1.94. The molecule has 0 amide bonds. The number of aromatic amines is 1. The first kappa shape index (κ1) is 17.5. The van der Waals surface area contributed by atoms with Crippen LogP contribution in [0.25, 0.3) is 11.0 Å². The third kappa shape index (κ3) is 4.04. The first-order valence-corrected chi connectivity index (χ1v) is 9.39. The van der Waals surface area contributed by atoms with Gasteiger partial charge >= 0.3 is 6.18 Å². The van der Waals surface area contributed by atoms with Gasteiger partial charge in [0.1, 0.15) is 0 Å². The number of sulfone groups is 1. The fourth-order valence-electron chi connectivity index (χ4n) is 3.01. The highest BCUT2D eigenvalue weighted by molar-refractivity contribution is 7.90. The van der Waals surface area contributed by atoms with Crippen LogP contribution >= 0.6 is 0 Å². The monoisotopic (exact) mass is 372 g/mol. The number of benzene rings is 1. The lowest BCUT2D eigenvalue weighted by atomic mass is 10.2. The molecule has 0 aliphatic carbocycles. The molecule has 1 aliphatic heterocycles. The molecule has 2 heterocycles. The lowest BCUT2D eigenvalue weighted by Crippen LogP contribution is -2.21. The number of nitriles is 1. The number of aromatic nitrogens is 2. The molecule has 1 N–H and O–H groups in total. The molecule has 0 saturated carbocycles. The molecule has 0 bridgehead atoms. The van der Waals surface area contributed by atoms with E-state index >= 15 is 0 Å². The minimum absolute atomic E-state index is 0.0417. The highest BCUT2D eigenvalue weighted by Gasteiger charge is 2.34. The molecule has 25 heavy (non-hydrogen) atoms. The van der Waals surface area contributed by atoms with Crippen LogP contribution in [0.15, 0.2) is 18.2 Å². The number of hydrogen-bond donors (Lipinski definition) is 1. The number of nitrogens with zero attached hydrogens (tertiary/aromatic N) is 3. The molecule has 6 nitrogen and oxygen atoms in total. The summed E-state index contributed by atoms with van der Waals surface area (Å²) in [5.74, 6) is -1.51. The van der Waals surface area contributed by atoms with Gasteiger partial charge in [0.2, 0.25) is 5.82 Å². The SMILES string of the molecule is N#CN1CC[C@@H](CS(=O)(=O)Cc2ccc3nc(C(F)(F)F)[nH]c3c2)C1. The van der Waals surface area contributed by atoms with Gasteiger partial charge in [-0.3, -0.25) is 0 Å². The Bertz CT molecular complexity index is 930. The van der Waals surface area contributed by atoms with Crippen molar-refractivity contribution in [3.63, 3.8) is 0 Å². The van der Waals surface area contributed by atoms with Crippen molar-refractivity contribution in [1.29, 1.82) is 5.26 Å². The highest BCUT2D eigenvalue weighted by atomic mass is 32.2. The highest BCUT2D eigenvalue weighted by Crippen LogP contribution is 2.29. The first-order valence-electron chi connectivity index (χ1n) is 7.57. The van der Waals surface area contributed by atoms with Gasteiger partial charge in [0.05, 0.1) is 22.5 Å². The number of H-pyrrole nitrogens is 1. The smallest absolute Gasteiger partial charge is 0.334 e. The van der Waals surface area contributed by atoms with Gasteiger partial charge in [-0.05, 0) is 30.0 Å². The molecule has 0 unspecified atom stereocenters. The van der Waals surface area contributed by atoms with E-state index < -0.39 is 21.8 Å². The van der Waals surface area contributed by atoms with Crippen LogP contribution in [0.4, 0.5) is 13.2 Å². The molecule has 0 spiro atoms. The number of nitrogens with one attached hydrogen (secondary N) is 1. The van der Waals surface area contributed by atoms with Crippen LogP contribution in [-0.2, 0) is 21.8 Å². The molecule has 1 atom stereocenters. The second-order valence-corrected chi connectivity index (χ2v) is 8.30. The Kier molecular flexibility index (Phi) is 4.36. The second kappa shape index (κ2) is 6.22. The molecule has 1 aromatic carbocycles. The van der Waals surface area contributed by atoms with Crippen molar-refractivity contribution < 1.29 is 21.6 Å². The number of hydrogen-bond acceptors (Lipinski definition) is 5. The van der Waals surface area contributed by atoms with Crippen molar-refractivity contribution in [3.05, 3.63) is 29.6 Å². The van der Waals surface area contributed by atoms with E-state index in [1.807, 2.05) is 6.19 Å². The fourth-order valence-corrected chi connectivity index (χ4v) is 4.81. The molecule has 1 saturated heterocycles.